The Balaban J connectivity index is 2.07. The van der Waals surface area contributed by atoms with Gasteiger partial charge in [0.2, 0.25) is 29.5 Å². The number of carboxylic acids is 1. The number of amides is 7. The van der Waals surface area contributed by atoms with Crippen molar-refractivity contribution in [3.63, 3.8) is 0 Å². The van der Waals surface area contributed by atoms with Crippen LogP contribution in [0, 0.1) is 5.92 Å². The molecule has 0 saturated carbocycles. The van der Waals surface area contributed by atoms with Crippen LogP contribution in [0.5, 0.6) is 5.75 Å². The van der Waals surface area contributed by atoms with Crippen LogP contribution in [-0.2, 0) is 52.4 Å². The number of urea groups is 1. The molecule has 0 aliphatic carbocycles. The van der Waals surface area contributed by atoms with Crippen LogP contribution >= 0.6 is 11.8 Å². The molecule has 2 aromatic carbocycles. The van der Waals surface area contributed by atoms with Crippen molar-refractivity contribution >= 4 is 64.1 Å². The maximum absolute atomic E-state index is 14.7. The molecule has 8 unspecified atom stereocenters. The number of benzene rings is 2. The number of nitrogens with zero attached hydrogens (tertiary/aromatic N) is 1. The lowest BCUT2D eigenvalue weighted by Gasteiger charge is -2.33. The van der Waals surface area contributed by atoms with Crippen molar-refractivity contribution in [1.82, 2.24) is 36.8 Å². The highest BCUT2D eigenvalue weighted by Crippen LogP contribution is 2.18. The number of aryl methyl sites for hydroxylation is 2. The molecule has 7 amide bonds. The fraction of sp³-hybridized carbons (Fsp3) is 0.568. The second-order valence-corrected chi connectivity index (χ2v) is 18.4. The largest absolute Gasteiger partial charge is 0.508 e. The number of carbonyl (C=O) groups excluding carboxylic acids is 6. The summed E-state index contributed by atoms with van der Waals surface area (Å²) in [6.07, 6.45) is 5.53. The fourth-order valence-corrected chi connectivity index (χ4v) is 8.09. The van der Waals surface area contributed by atoms with E-state index in [1.807, 2.05) is 36.6 Å². The summed E-state index contributed by atoms with van der Waals surface area (Å²) >= 11 is 1.49. The molecule has 1 fully saturated rings. The number of carbonyl (C=O) groups is 7. The zero-order chi connectivity index (χ0) is 46.5. The van der Waals surface area contributed by atoms with Crippen LogP contribution in [0.1, 0.15) is 76.3 Å². The number of likely N-dealkylation sites (N-methyl/N-ethyl adjacent to an activating group) is 1. The van der Waals surface area contributed by atoms with Gasteiger partial charge in [0.1, 0.15) is 42.0 Å². The minimum atomic E-state index is -1.39. The summed E-state index contributed by atoms with van der Waals surface area (Å²) in [6, 6.07) is 7.72. The van der Waals surface area contributed by atoms with Crippen molar-refractivity contribution in [2.75, 3.05) is 37.6 Å². The van der Waals surface area contributed by atoms with Crippen LogP contribution < -0.4 is 31.9 Å². The molecule has 19 heteroatoms. The maximum atomic E-state index is 14.7. The fourth-order valence-electron chi connectivity index (χ4n) is 7.05. The molecule has 8 N–H and O–H groups in total. The summed E-state index contributed by atoms with van der Waals surface area (Å²) in [6.45, 7) is 3.60. The Morgan fingerprint density at radius 2 is 1.46 bits per heavy atom. The van der Waals surface area contributed by atoms with E-state index in [0.717, 1.165) is 11.1 Å². The third-order valence-corrected chi connectivity index (χ3v) is 12.6. The molecule has 3 rings (SSSR count). The van der Waals surface area contributed by atoms with Gasteiger partial charge in [-0.1, -0.05) is 62.7 Å². The molecule has 63 heavy (non-hydrogen) atoms. The molecule has 17 nitrogen and oxygen atoms in total. The predicted octanol–water partition coefficient (Wildman–Crippen LogP) is 2.23. The number of aliphatic carboxylic acids is 1. The first kappa shape index (κ1) is 52.2. The van der Waals surface area contributed by atoms with Crippen LogP contribution in [0.15, 0.2) is 54.6 Å². The topological polar surface area (TPSA) is 252 Å². The van der Waals surface area contributed by atoms with E-state index in [9.17, 15) is 48.0 Å². The Kier molecular flexibility index (Phi) is 22.5. The number of aromatic hydroxyl groups is 1. The zero-order valence-corrected chi connectivity index (χ0v) is 38.5. The average Bonchev–Trinajstić information content (AvgIpc) is 3.26. The number of phenolic OH excluding ortho intramolecular Hbond substituents is 1. The normalized spacial score (nSPS) is 22.4. The van der Waals surface area contributed by atoms with Gasteiger partial charge in [0.25, 0.3) is 0 Å². The highest BCUT2D eigenvalue weighted by atomic mass is 32.2. The first-order valence-electron chi connectivity index (χ1n) is 21.4. The third kappa shape index (κ3) is 17.9. The Labute approximate surface area is 376 Å². The number of carboxylic acid groups (broad SMARTS) is 1. The zero-order valence-electron chi connectivity index (χ0n) is 36.9. The molecular weight excluding hydrogens is 851 g/mol. The summed E-state index contributed by atoms with van der Waals surface area (Å²) < 4.78 is 12.3. The van der Waals surface area contributed by atoms with Crippen molar-refractivity contribution in [3.8, 4) is 5.75 Å². The second-order valence-electron chi connectivity index (χ2n) is 15.9. The van der Waals surface area contributed by atoms with E-state index < -0.39 is 94.5 Å². The van der Waals surface area contributed by atoms with Gasteiger partial charge in [-0.2, -0.15) is 11.8 Å². The van der Waals surface area contributed by atoms with E-state index in [0.29, 0.717) is 37.9 Å². The molecular formula is C44H65N7O10S2. The number of hydrogen-bond acceptors (Lipinski definition) is 10. The number of rotatable bonds is 17. The van der Waals surface area contributed by atoms with Crippen LogP contribution in [0.4, 0.5) is 4.79 Å². The van der Waals surface area contributed by atoms with E-state index in [1.165, 1.54) is 42.1 Å². The van der Waals surface area contributed by atoms with Crippen LogP contribution in [-0.4, -0.2) is 135 Å². The summed E-state index contributed by atoms with van der Waals surface area (Å²) in [5.41, 5.74) is 1.66. The molecule has 1 heterocycles. The minimum absolute atomic E-state index is 0.00554. The van der Waals surface area contributed by atoms with Gasteiger partial charge in [0.05, 0.1) is 0 Å². The van der Waals surface area contributed by atoms with Crippen molar-refractivity contribution < 1.29 is 48.0 Å². The van der Waals surface area contributed by atoms with E-state index in [1.54, 1.807) is 26.0 Å². The van der Waals surface area contributed by atoms with Crippen molar-refractivity contribution in [2.24, 2.45) is 5.92 Å². The molecule has 0 radical (unpaired) electrons. The van der Waals surface area contributed by atoms with Gasteiger partial charge in [-0.15, -0.1) is 0 Å². The predicted molar refractivity (Wildman–Crippen MR) is 243 cm³/mol. The Bertz CT molecular complexity index is 1860. The quantitative estimate of drug-likeness (QED) is 0.114. The van der Waals surface area contributed by atoms with Crippen molar-refractivity contribution in [2.45, 2.75) is 114 Å². The van der Waals surface area contributed by atoms with Gasteiger partial charge >= 0.3 is 12.0 Å². The van der Waals surface area contributed by atoms with Crippen molar-refractivity contribution in [3.05, 3.63) is 65.7 Å². The third-order valence-electron chi connectivity index (χ3n) is 11.1. The van der Waals surface area contributed by atoms with E-state index in [4.69, 9.17) is 0 Å². The van der Waals surface area contributed by atoms with Crippen molar-refractivity contribution in [1.29, 1.82) is 0 Å². The molecule has 1 aliphatic rings. The van der Waals surface area contributed by atoms with Gasteiger partial charge in [-0.05, 0) is 99.0 Å². The monoisotopic (exact) mass is 915 g/mol. The molecule has 8 atom stereocenters. The average molecular weight is 916 g/mol. The van der Waals surface area contributed by atoms with Gasteiger partial charge in [0, 0.05) is 36.4 Å². The summed E-state index contributed by atoms with van der Waals surface area (Å²) in [5, 5.41) is 35.9. The first-order chi connectivity index (χ1) is 30.0. The lowest BCUT2D eigenvalue weighted by Crippen LogP contribution is -2.60. The van der Waals surface area contributed by atoms with Gasteiger partial charge in [-0.25, -0.2) is 9.59 Å². The van der Waals surface area contributed by atoms with Gasteiger partial charge in [0.15, 0.2) is 0 Å². The number of phenols is 1. The molecule has 348 valence electrons. The number of thioether (sulfide) groups is 1. The summed E-state index contributed by atoms with van der Waals surface area (Å²) in [7, 11) is 0.0707. The molecule has 0 bridgehead atoms. The molecule has 0 aromatic heterocycles. The minimum Gasteiger partial charge on any atom is -0.508 e. The SMILES string of the molecule is CCC(C)C(NC(=O)NC1CCCCNC(=O)C(CCSC)NC(=O)C(CCc2ccc(O)cc2)N(C)C(=O)C(CCc2ccccc2)NC(=O)C(CCS(C)=O)NC1=O)C(=O)O. The maximum Gasteiger partial charge on any atom is 0.326 e. The summed E-state index contributed by atoms with van der Waals surface area (Å²) in [4.78, 5) is 97.5. The molecule has 1 aliphatic heterocycles. The van der Waals surface area contributed by atoms with E-state index >= 15 is 0 Å². The first-order valence-corrected chi connectivity index (χ1v) is 24.5. The number of nitrogens with one attached hydrogen (secondary N) is 6. The lowest BCUT2D eigenvalue weighted by atomic mass is 9.99. The van der Waals surface area contributed by atoms with E-state index in [-0.39, 0.29) is 50.2 Å². The smallest absolute Gasteiger partial charge is 0.326 e. The highest BCUT2D eigenvalue weighted by molar-refractivity contribution is 7.98. The Hall–Kier alpha value is -5.17. The Morgan fingerprint density at radius 3 is 2.10 bits per heavy atom. The Morgan fingerprint density at radius 1 is 0.841 bits per heavy atom. The van der Waals surface area contributed by atoms with Crippen LogP contribution in [0.25, 0.3) is 0 Å². The van der Waals surface area contributed by atoms with E-state index in [2.05, 4.69) is 31.9 Å². The van der Waals surface area contributed by atoms with Gasteiger partial charge < -0.3 is 47.0 Å². The standard InChI is InChI=1S/C44H65N7O10S2/c1-6-28(2)37(43(58)59)50-44(60)49-32-14-10-11-25-45-38(53)33(23-26-62-4)47-41(56)36(22-18-30-15-19-31(52)20-16-30)51(3)42(57)35(21-17-29-12-8-7-9-13-29)48-40(55)34(46-39(32)54)24-27-63(5)61/h7-9,12-13,15-16,19-20,28,32-37,52H,6,10-11,14,17-18,21-27H2,1-5H3,(H,45,53)(H,46,54)(H,47,56)(H,48,55)(H,58,59)(H2,49,50,60). The lowest BCUT2D eigenvalue weighted by molar-refractivity contribution is -0.143. The molecule has 0 spiro atoms. The van der Waals surface area contributed by atoms with Crippen LogP contribution in [0.2, 0.25) is 0 Å². The second kappa shape index (κ2) is 27.1. The van der Waals surface area contributed by atoms with Gasteiger partial charge in [-0.3, -0.25) is 28.2 Å². The highest BCUT2D eigenvalue weighted by Gasteiger charge is 2.36. The molecule has 1 saturated heterocycles. The van der Waals surface area contributed by atoms with Crippen LogP contribution in [0.3, 0.4) is 0 Å². The summed E-state index contributed by atoms with van der Waals surface area (Å²) in [5.74, 6) is -4.21. The number of hydrogen-bond donors (Lipinski definition) is 8. The molecule has 2 aromatic rings.